The van der Waals surface area contributed by atoms with E-state index < -0.39 is 0 Å². The molecule has 0 spiro atoms. The van der Waals surface area contributed by atoms with Crippen LogP contribution in [0.5, 0.6) is 0 Å². The third-order valence-corrected chi connectivity index (χ3v) is 9.63. The Kier molecular flexibility index (Phi) is 6.56. The molecule has 2 aromatic heterocycles. The topological polar surface area (TPSA) is 61.8 Å². The van der Waals surface area contributed by atoms with Crippen molar-refractivity contribution in [2.45, 2.75) is 0 Å². The second-order valence-electron chi connectivity index (χ2n) is 12.3. The van der Waals surface area contributed by atoms with Crippen molar-refractivity contribution in [3.8, 4) is 45.8 Å². The third kappa shape index (κ3) is 4.31. The molecule has 0 aliphatic carbocycles. The maximum absolute atomic E-state index is 10.5. The number of para-hydroxylation sites is 4. The smallest absolute Gasteiger partial charge is 0.195 e. The Hall–Kier alpha value is -7.39. The van der Waals surface area contributed by atoms with Gasteiger partial charge in [0.2, 0.25) is 0 Å². The van der Waals surface area contributed by atoms with Gasteiger partial charge in [-0.1, -0.05) is 97.1 Å². The number of rotatable bonds is 4. The van der Waals surface area contributed by atoms with Crippen LogP contribution in [-0.4, -0.2) is 9.13 Å². The van der Waals surface area contributed by atoms with Gasteiger partial charge in [0, 0.05) is 21.5 Å². The molecule has 50 heavy (non-hydrogen) atoms. The molecule has 0 fully saturated rings. The highest BCUT2D eigenvalue weighted by molar-refractivity contribution is 6.11. The zero-order valence-electron chi connectivity index (χ0n) is 26.7. The van der Waals surface area contributed by atoms with E-state index in [0.717, 1.165) is 77.2 Å². The molecule has 9 aromatic rings. The normalized spacial score (nSPS) is 11.1. The predicted octanol–water partition coefficient (Wildman–Crippen LogP) is 11.5. The molecule has 5 heteroatoms. The lowest BCUT2D eigenvalue weighted by molar-refractivity contribution is 1.17. The summed E-state index contributed by atoms with van der Waals surface area (Å²) < 4.78 is 4.39. The number of nitriles is 2. The summed E-state index contributed by atoms with van der Waals surface area (Å²) in [6, 6.07) is 55.4. The van der Waals surface area contributed by atoms with E-state index >= 15 is 0 Å². The van der Waals surface area contributed by atoms with Gasteiger partial charge in [-0.25, -0.2) is 4.85 Å². The predicted molar refractivity (Wildman–Crippen MR) is 202 cm³/mol. The van der Waals surface area contributed by atoms with Crippen molar-refractivity contribution in [2.24, 2.45) is 0 Å². The highest BCUT2D eigenvalue weighted by atomic mass is 15.0. The lowest BCUT2D eigenvalue weighted by Gasteiger charge is -2.16. The number of hydrogen-bond acceptors (Lipinski definition) is 2. The summed E-state index contributed by atoms with van der Waals surface area (Å²) in [5, 5.41) is 24.5. The minimum absolute atomic E-state index is 0.538. The van der Waals surface area contributed by atoms with Gasteiger partial charge in [0.05, 0.1) is 57.2 Å². The van der Waals surface area contributed by atoms with Crippen LogP contribution in [0.15, 0.2) is 152 Å². The summed E-state index contributed by atoms with van der Waals surface area (Å²) in [4.78, 5) is 3.94. The van der Waals surface area contributed by atoms with Crippen LogP contribution in [0.1, 0.15) is 11.1 Å². The molecule has 0 radical (unpaired) electrons. The van der Waals surface area contributed by atoms with Crippen molar-refractivity contribution in [3.63, 3.8) is 0 Å². The lowest BCUT2D eigenvalue weighted by atomic mass is 9.95. The van der Waals surface area contributed by atoms with Crippen LogP contribution in [-0.2, 0) is 0 Å². The molecule has 0 saturated carbocycles. The van der Waals surface area contributed by atoms with Crippen molar-refractivity contribution in [3.05, 3.63) is 174 Å². The van der Waals surface area contributed by atoms with Gasteiger partial charge in [0.1, 0.15) is 6.07 Å². The van der Waals surface area contributed by atoms with Crippen LogP contribution in [0, 0.1) is 29.2 Å². The zero-order chi connectivity index (χ0) is 33.8. The van der Waals surface area contributed by atoms with Crippen LogP contribution in [0.3, 0.4) is 0 Å². The molecule has 0 aliphatic rings. The Morgan fingerprint density at radius 1 is 0.460 bits per heavy atom. The summed E-state index contributed by atoms with van der Waals surface area (Å²) >= 11 is 0. The fourth-order valence-electron chi connectivity index (χ4n) is 7.41. The average Bonchev–Trinajstić information content (AvgIpc) is 3.70. The van der Waals surface area contributed by atoms with Crippen molar-refractivity contribution < 1.29 is 0 Å². The summed E-state index contributed by atoms with van der Waals surface area (Å²) in [5.74, 6) is 0. The van der Waals surface area contributed by atoms with E-state index in [1.165, 1.54) is 0 Å². The molecular formula is C45H25N5. The number of benzene rings is 7. The second-order valence-corrected chi connectivity index (χ2v) is 12.3. The van der Waals surface area contributed by atoms with Crippen molar-refractivity contribution in [1.82, 2.24) is 9.13 Å². The zero-order valence-corrected chi connectivity index (χ0v) is 26.7. The third-order valence-electron chi connectivity index (χ3n) is 9.63. The van der Waals surface area contributed by atoms with Gasteiger partial charge in [-0.15, -0.1) is 0 Å². The number of fused-ring (bicyclic) bond motifs is 6. The second kappa shape index (κ2) is 11.4. The lowest BCUT2D eigenvalue weighted by Crippen LogP contribution is -1.98. The highest BCUT2D eigenvalue weighted by Crippen LogP contribution is 2.42. The van der Waals surface area contributed by atoms with Gasteiger partial charge in [-0.3, -0.25) is 0 Å². The molecule has 7 aromatic carbocycles. The van der Waals surface area contributed by atoms with Crippen LogP contribution >= 0.6 is 0 Å². The van der Waals surface area contributed by atoms with Crippen molar-refractivity contribution in [2.75, 3.05) is 0 Å². The summed E-state index contributed by atoms with van der Waals surface area (Å²) in [6.07, 6.45) is 0. The van der Waals surface area contributed by atoms with Crippen LogP contribution in [0.4, 0.5) is 5.69 Å². The average molecular weight is 636 g/mol. The Bertz CT molecular complexity index is 2920. The molecule has 0 amide bonds. The molecule has 0 aliphatic heterocycles. The quantitative estimate of drug-likeness (QED) is 0.181. The molecule has 230 valence electrons. The van der Waals surface area contributed by atoms with Gasteiger partial charge in [-0.2, -0.15) is 10.5 Å². The Morgan fingerprint density at radius 2 is 1.02 bits per heavy atom. The Morgan fingerprint density at radius 3 is 1.68 bits per heavy atom. The summed E-state index contributed by atoms with van der Waals surface area (Å²) in [7, 11) is 0. The van der Waals surface area contributed by atoms with Gasteiger partial charge in [0.15, 0.2) is 5.69 Å². The van der Waals surface area contributed by atoms with Gasteiger partial charge >= 0.3 is 0 Å². The van der Waals surface area contributed by atoms with Gasteiger partial charge in [-0.05, 0) is 76.9 Å². The van der Waals surface area contributed by atoms with E-state index in [-0.39, 0.29) is 0 Å². The van der Waals surface area contributed by atoms with E-state index in [1.54, 1.807) is 0 Å². The largest absolute Gasteiger partial charge is 0.309 e. The molecular weight excluding hydrogens is 611 g/mol. The minimum atomic E-state index is 0.538. The Balaban J connectivity index is 1.22. The molecule has 2 heterocycles. The van der Waals surface area contributed by atoms with Crippen LogP contribution in [0.25, 0.3) is 82.1 Å². The molecule has 0 atom stereocenters. The van der Waals surface area contributed by atoms with E-state index in [2.05, 4.69) is 86.8 Å². The first kappa shape index (κ1) is 28.8. The standard InChI is InChI=1S/C45H25N5/c1-48-39-21-19-31(30-20-23-40(32(25-30)28-47)49-41-14-6-2-10-33(41)34-11-3-7-15-42(34)49)26-37(39)35-12-4-8-16-43(35)50-44-17-9-5-13-36(44)38-24-29(27-46)18-22-45(38)50/h2-26H. The number of nitrogens with zero attached hydrogens (tertiary/aromatic N) is 5. The maximum Gasteiger partial charge on any atom is 0.195 e. The SMILES string of the molecule is [C-]#[N+]c1ccc(-c2ccc(-n3c4ccccc4c4ccccc43)c(C#N)c2)cc1-c1ccccc1-n1c2ccccc2c2cc(C#N)ccc21. The number of hydrogen-bond donors (Lipinski definition) is 0. The molecule has 0 saturated heterocycles. The highest BCUT2D eigenvalue weighted by Gasteiger charge is 2.19. The maximum atomic E-state index is 10.5. The fourth-order valence-corrected chi connectivity index (χ4v) is 7.41. The number of aromatic nitrogens is 2. The van der Waals surface area contributed by atoms with Crippen LogP contribution < -0.4 is 0 Å². The monoisotopic (exact) mass is 635 g/mol. The minimum Gasteiger partial charge on any atom is -0.309 e. The van der Waals surface area contributed by atoms with Gasteiger partial charge < -0.3 is 9.13 Å². The van der Waals surface area contributed by atoms with E-state index in [4.69, 9.17) is 6.57 Å². The van der Waals surface area contributed by atoms with E-state index in [0.29, 0.717) is 16.8 Å². The summed E-state index contributed by atoms with van der Waals surface area (Å²) in [5.41, 5.74) is 11.1. The van der Waals surface area contributed by atoms with E-state index in [1.807, 2.05) is 91.0 Å². The molecule has 5 nitrogen and oxygen atoms in total. The molecule has 0 unspecified atom stereocenters. The first-order valence-electron chi connectivity index (χ1n) is 16.3. The summed E-state index contributed by atoms with van der Waals surface area (Å²) in [6.45, 7) is 8.11. The Labute approximate surface area is 288 Å². The molecule has 9 rings (SSSR count). The fraction of sp³-hybridized carbons (Fsp3) is 0. The van der Waals surface area contributed by atoms with Gasteiger partial charge in [0.25, 0.3) is 0 Å². The van der Waals surface area contributed by atoms with Crippen molar-refractivity contribution >= 4 is 49.3 Å². The van der Waals surface area contributed by atoms with Crippen molar-refractivity contribution in [1.29, 1.82) is 10.5 Å². The first-order valence-corrected chi connectivity index (χ1v) is 16.3. The molecule has 0 bridgehead atoms. The first-order chi connectivity index (χ1) is 24.7. The van der Waals surface area contributed by atoms with Crippen LogP contribution in [0.2, 0.25) is 0 Å². The van der Waals surface area contributed by atoms with E-state index in [9.17, 15) is 10.5 Å². The molecule has 0 N–H and O–H groups in total.